The standard InChI is InChI=1S/C25H29ClN6OS/c1-19(23(33)30-16-14-29(15-17-30)21-9-3-2-4-10-21)34-25-28-27-24(31-12-5-6-13-31)32(25)22-11-7-8-20(26)18-22/h2-4,7-11,18-19H,5-6,12-17H2,1H3. The van der Waals surface area contributed by atoms with Gasteiger partial charge in [0.2, 0.25) is 11.9 Å². The molecule has 0 aliphatic carbocycles. The predicted molar refractivity (Wildman–Crippen MR) is 138 cm³/mol. The first kappa shape index (κ1) is 23.1. The zero-order valence-corrected chi connectivity index (χ0v) is 20.9. The first-order valence-corrected chi connectivity index (χ1v) is 13.1. The van der Waals surface area contributed by atoms with Crippen molar-refractivity contribution < 1.29 is 4.79 Å². The van der Waals surface area contributed by atoms with Crippen LogP contribution in [0, 0.1) is 0 Å². The van der Waals surface area contributed by atoms with Crippen molar-refractivity contribution in [2.45, 2.75) is 30.2 Å². The molecule has 0 saturated carbocycles. The van der Waals surface area contributed by atoms with E-state index in [9.17, 15) is 4.79 Å². The van der Waals surface area contributed by atoms with E-state index in [1.165, 1.54) is 17.4 Å². The molecule has 0 radical (unpaired) electrons. The first-order valence-electron chi connectivity index (χ1n) is 11.8. The minimum absolute atomic E-state index is 0.140. The molecule has 0 N–H and O–H groups in total. The van der Waals surface area contributed by atoms with Crippen LogP contribution in [0.15, 0.2) is 59.8 Å². The molecule has 1 amide bonds. The smallest absolute Gasteiger partial charge is 0.236 e. The van der Waals surface area contributed by atoms with Gasteiger partial charge < -0.3 is 14.7 Å². The van der Waals surface area contributed by atoms with E-state index in [0.29, 0.717) is 10.2 Å². The van der Waals surface area contributed by atoms with E-state index in [1.54, 1.807) is 0 Å². The highest BCUT2D eigenvalue weighted by Crippen LogP contribution is 2.32. The summed E-state index contributed by atoms with van der Waals surface area (Å²) in [5.74, 6) is 0.958. The summed E-state index contributed by atoms with van der Waals surface area (Å²) in [7, 11) is 0. The second-order valence-corrected chi connectivity index (χ2v) is 10.4. The molecule has 0 bridgehead atoms. The molecule has 1 atom stereocenters. The number of halogens is 1. The summed E-state index contributed by atoms with van der Waals surface area (Å²) < 4.78 is 2.04. The fourth-order valence-corrected chi connectivity index (χ4v) is 5.72. The van der Waals surface area contributed by atoms with Crippen LogP contribution in [-0.4, -0.2) is 70.1 Å². The molecule has 2 fully saturated rings. The van der Waals surface area contributed by atoms with Crippen LogP contribution >= 0.6 is 23.4 Å². The Hall–Kier alpha value is -2.71. The van der Waals surface area contributed by atoms with Gasteiger partial charge in [-0.15, -0.1) is 10.2 Å². The highest BCUT2D eigenvalue weighted by Gasteiger charge is 2.29. The van der Waals surface area contributed by atoms with Crippen LogP contribution in [0.3, 0.4) is 0 Å². The Morgan fingerprint density at radius 3 is 2.29 bits per heavy atom. The molecule has 0 spiro atoms. The van der Waals surface area contributed by atoms with Gasteiger partial charge in [0.25, 0.3) is 0 Å². The molecule has 2 aromatic carbocycles. The average Bonchev–Trinajstić information content (AvgIpc) is 3.54. The third-order valence-corrected chi connectivity index (χ3v) is 7.68. The van der Waals surface area contributed by atoms with Crippen molar-refractivity contribution in [1.29, 1.82) is 0 Å². The number of carbonyl (C=O) groups is 1. The van der Waals surface area contributed by atoms with Crippen molar-refractivity contribution >= 4 is 40.9 Å². The molecule has 3 aromatic rings. The number of hydrogen-bond acceptors (Lipinski definition) is 6. The fraction of sp³-hybridized carbons (Fsp3) is 0.400. The third kappa shape index (κ3) is 4.88. The number of para-hydroxylation sites is 1. The molecule has 2 saturated heterocycles. The van der Waals surface area contributed by atoms with Crippen LogP contribution < -0.4 is 9.80 Å². The van der Waals surface area contributed by atoms with Gasteiger partial charge in [0.15, 0.2) is 5.16 Å². The third-order valence-electron chi connectivity index (χ3n) is 6.41. The van der Waals surface area contributed by atoms with E-state index in [0.717, 1.165) is 63.7 Å². The van der Waals surface area contributed by atoms with Gasteiger partial charge in [0.1, 0.15) is 0 Å². The average molecular weight is 497 g/mol. The molecular weight excluding hydrogens is 468 g/mol. The number of anilines is 2. The zero-order valence-electron chi connectivity index (χ0n) is 19.3. The van der Waals surface area contributed by atoms with Crippen LogP contribution in [-0.2, 0) is 4.79 Å². The molecular formula is C25H29ClN6OS. The lowest BCUT2D eigenvalue weighted by Gasteiger charge is -2.37. The van der Waals surface area contributed by atoms with Crippen LogP contribution in [0.25, 0.3) is 5.69 Å². The molecule has 1 unspecified atom stereocenters. The second kappa shape index (κ2) is 10.3. The lowest BCUT2D eigenvalue weighted by atomic mass is 10.2. The van der Waals surface area contributed by atoms with Gasteiger partial charge in [-0.25, -0.2) is 0 Å². The highest BCUT2D eigenvalue weighted by molar-refractivity contribution is 8.00. The minimum Gasteiger partial charge on any atom is -0.368 e. The predicted octanol–water partition coefficient (Wildman–Crippen LogP) is 4.35. The summed E-state index contributed by atoms with van der Waals surface area (Å²) in [6.45, 7) is 7.00. The van der Waals surface area contributed by atoms with Crippen molar-refractivity contribution in [1.82, 2.24) is 19.7 Å². The summed E-state index contributed by atoms with van der Waals surface area (Å²) in [6.07, 6.45) is 2.30. The van der Waals surface area contributed by atoms with E-state index in [1.807, 2.05) is 46.7 Å². The number of thioether (sulfide) groups is 1. The number of amides is 1. The number of rotatable bonds is 6. The largest absolute Gasteiger partial charge is 0.368 e. The Balaban J connectivity index is 1.30. The summed E-state index contributed by atoms with van der Waals surface area (Å²) in [5, 5.41) is 10.1. The van der Waals surface area contributed by atoms with E-state index < -0.39 is 0 Å². The zero-order chi connectivity index (χ0) is 23.5. The van der Waals surface area contributed by atoms with Gasteiger partial charge in [-0.1, -0.05) is 47.6 Å². The van der Waals surface area contributed by atoms with Gasteiger partial charge in [0.05, 0.1) is 10.9 Å². The lowest BCUT2D eigenvalue weighted by molar-refractivity contribution is -0.130. The lowest BCUT2D eigenvalue weighted by Crippen LogP contribution is -2.50. The van der Waals surface area contributed by atoms with Crippen LogP contribution in [0.4, 0.5) is 11.6 Å². The van der Waals surface area contributed by atoms with Crippen molar-refractivity contribution in [2.24, 2.45) is 0 Å². The van der Waals surface area contributed by atoms with E-state index in [-0.39, 0.29) is 11.2 Å². The first-order chi connectivity index (χ1) is 16.6. The summed E-state index contributed by atoms with van der Waals surface area (Å²) in [5.41, 5.74) is 2.12. The Kier molecular flexibility index (Phi) is 6.97. The van der Waals surface area contributed by atoms with Crippen molar-refractivity contribution in [3.05, 3.63) is 59.6 Å². The van der Waals surface area contributed by atoms with Gasteiger partial charge in [-0.05, 0) is 50.1 Å². The molecule has 5 rings (SSSR count). The van der Waals surface area contributed by atoms with Gasteiger partial charge in [0, 0.05) is 50.0 Å². The molecule has 34 heavy (non-hydrogen) atoms. The number of hydrogen-bond donors (Lipinski definition) is 0. The molecule has 2 aliphatic rings. The van der Waals surface area contributed by atoms with E-state index >= 15 is 0 Å². The summed E-state index contributed by atoms with van der Waals surface area (Å²) in [6, 6.07) is 18.1. The van der Waals surface area contributed by atoms with Gasteiger partial charge >= 0.3 is 0 Å². The minimum atomic E-state index is -0.267. The van der Waals surface area contributed by atoms with Gasteiger partial charge in [-0.3, -0.25) is 9.36 Å². The van der Waals surface area contributed by atoms with Crippen molar-refractivity contribution in [3.8, 4) is 5.69 Å². The van der Waals surface area contributed by atoms with E-state index in [2.05, 4.69) is 44.3 Å². The molecule has 3 heterocycles. The normalized spacial score (nSPS) is 17.3. The number of aromatic nitrogens is 3. The van der Waals surface area contributed by atoms with Crippen molar-refractivity contribution in [3.63, 3.8) is 0 Å². The molecule has 2 aliphatic heterocycles. The molecule has 178 valence electrons. The van der Waals surface area contributed by atoms with Crippen LogP contribution in [0.2, 0.25) is 5.02 Å². The van der Waals surface area contributed by atoms with Crippen LogP contribution in [0.5, 0.6) is 0 Å². The topological polar surface area (TPSA) is 57.5 Å². The maximum Gasteiger partial charge on any atom is 0.236 e. The van der Waals surface area contributed by atoms with Crippen molar-refractivity contribution in [2.75, 3.05) is 49.1 Å². The molecule has 7 nitrogen and oxygen atoms in total. The molecule has 1 aromatic heterocycles. The second-order valence-electron chi connectivity index (χ2n) is 8.70. The SMILES string of the molecule is CC(Sc1nnc(N2CCCC2)n1-c1cccc(Cl)c1)C(=O)N1CCN(c2ccccc2)CC1. The number of carbonyl (C=O) groups excluding carboxylic acids is 1. The number of nitrogens with zero attached hydrogens (tertiary/aromatic N) is 6. The Morgan fingerprint density at radius 1 is 0.882 bits per heavy atom. The fourth-order valence-electron chi connectivity index (χ4n) is 4.59. The van der Waals surface area contributed by atoms with E-state index in [4.69, 9.17) is 11.6 Å². The Labute approximate surface area is 209 Å². The highest BCUT2D eigenvalue weighted by atomic mass is 35.5. The number of benzene rings is 2. The van der Waals surface area contributed by atoms with Gasteiger partial charge in [-0.2, -0.15) is 0 Å². The monoisotopic (exact) mass is 496 g/mol. The maximum atomic E-state index is 13.3. The van der Waals surface area contributed by atoms with Crippen LogP contribution in [0.1, 0.15) is 19.8 Å². The molecule has 9 heteroatoms. The number of piperazine rings is 1. The maximum absolute atomic E-state index is 13.3. The summed E-state index contributed by atoms with van der Waals surface area (Å²) >= 11 is 7.76. The Morgan fingerprint density at radius 2 is 1.59 bits per heavy atom. The summed E-state index contributed by atoms with van der Waals surface area (Å²) in [4.78, 5) is 19.9. The quantitative estimate of drug-likeness (QED) is 0.473. The Bertz CT molecular complexity index is 1130.